The van der Waals surface area contributed by atoms with Crippen LogP contribution in [0.1, 0.15) is 128 Å². The second kappa shape index (κ2) is 19.2. The zero-order valence-electron chi connectivity index (χ0n) is 36.6. The minimum Gasteiger partial charge on any atom is -0.311 e. The van der Waals surface area contributed by atoms with Gasteiger partial charge in [-0.25, -0.2) is 0 Å². The molecule has 2 nitrogen and oxygen atoms in total. The summed E-state index contributed by atoms with van der Waals surface area (Å²) in [6.45, 7) is 18.3. The highest BCUT2D eigenvalue weighted by atomic mass is 15.1. The highest BCUT2D eigenvalue weighted by Crippen LogP contribution is 2.40. The minimum atomic E-state index is 0.0557. The van der Waals surface area contributed by atoms with Gasteiger partial charge in [0.25, 0.3) is 0 Å². The largest absolute Gasteiger partial charge is 0.311 e. The standard InChI is InChI=1S/C55H65BN2/c1-9-14-16-41-17-29-47(30-18-41)57(51-37-25-45(26-38-51)54(6,7)11-3)48-31-19-42(20-32-48)43-21-33-49(34-22-43)58(50-35-23-44(24-36-50)53(56)15-10-2)52-39-27-46(28-40-52)55(8,12-4)13-5/h17-40,53H,9-16H2,1-8H3. The molecule has 1 atom stereocenters. The van der Waals surface area contributed by atoms with Gasteiger partial charge in [0.2, 0.25) is 0 Å². The number of anilines is 6. The van der Waals surface area contributed by atoms with E-state index in [9.17, 15) is 0 Å². The summed E-state index contributed by atoms with van der Waals surface area (Å²) in [6, 6.07) is 54.4. The molecule has 0 saturated carbocycles. The maximum Gasteiger partial charge on any atom is 0.0763 e. The molecular formula is C55H65BN2. The summed E-state index contributed by atoms with van der Waals surface area (Å²) in [5.41, 5.74) is 14.9. The van der Waals surface area contributed by atoms with Crippen molar-refractivity contribution < 1.29 is 0 Å². The first-order valence-corrected chi connectivity index (χ1v) is 22.0. The van der Waals surface area contributed by atoms with Crippen LogP contribution in [0.25, 0.3) is 11.1 Å². The molecule has 0 aliphatic heterocycles. The van der Waals surface area contributed by atoms with Gasteiger partial charge in [-0.3, -0.25) is 0 Å². The molecule has 6 aromatic rings. The van der Waals surface area contributed by atoms with Crippen LogP contribution in [-0.2, 0) is 17.3 Å². The highest BCUT2D eigenvalue weighted by molar-refractivity contribution is 6.12. The zero-order valence-corrected chi connectivity index (χ0v) is 36.6. The Labute approximate surface area is 352 Å². The number of nitrogens with zero attached hydrogens (tertiary/aromatic N) is 2. The number of hydrogen-bond acceptors (Lipinski definition) is 2. The monoisotopic (exact) mass is 765 g/mol. The molecule has 0 fully saturated rings. The molecule has 6 rings (SSSR count). The molecule has 0 spiro atoms. The van der Waals surface area contributed by atoms with Crippen LogP contribution in [0.15, 0.2) is 146 Å². The van der Waals surface area contributed by atoms with Crippen molar-refractivity contribution in [2.24, 2.45) is 0 Å². The molecule has 0 saturated heterocycles. The van der Waals surface area contributed by atoms with E-state index in [1.165, 1.54) is 51.9 Å². The Balaban J connectivity index is 1.32. The van der Waals surface area contributed by atoms with E-state index in [0.717, 1.165) is 67.0 Å². The Bertz CT molecular complexity index is 2140. The van der Waals surface area contributed by atoms with Crippen molar-refractivity contribution in [2.45, 2.75) is 123 Å². The van der Waals surface area contributed by atoms with E-state index in [1.54, 1.807) is 0 Å². The lowest BCUT2D eigenvalue weighted by molar-refractivity contribution is 0.439. The summed E-state index contributed by atoms with van der Waals surface area (Å²) in [7, 11) is 6.52. The summed E-state index contributed by atoms with van der Waals surface area (Å²) < 4.78 is 0. The van der Waals surface area contributed by atoms with Crippen LogP contribution in [0.3, 0.4) is 0 Å². The van der Waals surface area contributed by atoms with E-state index in [1.807, 2.05) is 0 Å². The average molecular weight is 765 g/mol. The molecule has 1 unspecified atom stereocenters. The SMILES string of the molecule is [B]C(CCC)c1ccc(N(c2ccc(-c3ccc(N(c4ccc(CCCC)cc4)c4ccc(C(C)(C)CC)cc4)cc3)cc2)c2ccc(C(C)(CC)CC)cc2)cc1. The Hall–Kier alpha value is -5.02. The topological polar surface area (TPSA) is 6.48 Å². The number of rotatable bonds is 18. The van der Waals surface area contributed by atoms with Gasteiger partial charge in [0.1, 0.15) is 0 Å². The second-order valence-corrected chi connectivity index (χ2v) is 17.1. The van der Waals surface area contributed by atoms with Crippen LogP contribution in [-0.4, -0.2) is 7.85 Å². The van der Waals surface area contributed by atoms with Crippen LogP contribution in [0.2, 0.25) is 0 Å². The van der Waals surface area contributed by atoms with Gasteiger partial charge in [0.15, 0.2) is 0 Å². The highest BCUT2D eigenvalue weighted by Gasteiger charge is 2.23. The fraction of sp³-hybridized carbons (Fsp3) is 0.345. The van der Waals surface area contributed by atoms with E-state index >= 15 is 0 Å². The number of unbranched alkanes of at least 4 members (excludes halogenated alkanes) is 1. The molecule has 0 N–H and O–H groups in total. The molecule has 3 heteroatoms. The third kappa shape index (κ3) is 9.63. The summed E-state index contributed by atoms with van der Waals surface area (Å²) in [6.07, 6.45) is 8.92. The average Bonchev–Trinajstić information content (AvgIpc) is 3.27. The van der Waals surface area contributed by atoms with Gasteiger partial charge in [0, 0.05) is 34.1 Å². The normalized spacial score (nSPS) is 12.3. The Morgan fingerprint density at radius 2 is 0.828 bits per heavy atom. The summed E-state index contributed by atoms with van der Waals surface area (Å²) in [5, 5.41) is 0. The fourth-order valence-electron chi connectivity index (χ4n) is 7.98. The number of hydrogen-bond donors (Lipinski definition) is 0. The predicted molar refractivity (Wildman–Crippen MR) is 255 cm³/mol. The van der Waals surface area contributed by atoms with Gasteiger partial charge in [0.05, 0.1) is 7.85 Å². The van der Waals surface area contributed by atoms with Gasteiger partial charge in [-0.05, 0) is 144 Å². The lowest BCUT2D eigenvalue weighted by Crippen LogP contribution is -2.19. The minimum absolute atomic E-state index is 0.0557. The van der Waals surface area contributed by atoms with Crippen LogP contribution in [0, 0.1) is 0 Å². The fourth-order valence-corrected chi connectivity index (χ4v) is 7.98. The van der Waals surface area contributed by atoms with Crippen molar-refractivity contribution in [3.05, 3.63) is 168 Å². The zero-order chi connectivity index (χ0) is 41.3. The first-order chi connectivity index (χ1) is 28.0. The van der Waals surface area contributed by atoms with Gasteiger partial charge in [-0.15, -0.1) is 0 Å². The van der Waals surface area contributed by atoms with E-state index < -0.39 is 0 Å². The van der Waals surface area contributed by atoms with Crippen molar-refractivity contribution in [3.8, 4) is 11.1 Å². The summed E-state index contributed by atoms with van der Waals surface area (Å²) in [4.78, 5) is 4.74. The number of benzene rings is 6. The van der Waals surface area contributed by atoms with Gasteiger partial charge in [-0.1, -0.05) is 159 Å². The van der Waals surface area contributed by atoms with Gasteiger partial charge < -0.3 is 9.80 Å². The molecule has 0 aliphatic carbocycles. The van der Waals surface area contributed by atoms with E-state index in [4.69, 9.17) is 7.85 Å². The van der Waals surface area contributed by atoms with Gasteiger partial charge in [-0.2, -0.15) is 0 Å². The van der Waals surface area contributed by atoms with Crippen molar-refractivity contribution in [3.63, 3.8) is 0 Å². The molecule has 2 radical (unpaired) electrons. The molecule has 0 bridgehead atoms. The quantitative estimate of drug-likeness (QED) is 0.0804. The van der Waals surface area contributed by atoms with E-state index in [0.29, 0.717) is 0 Å². The van der Waals surface area contributed by atoms with Crippen molar-refractivity contribution in [1.82, 2.24) is 0 Å². The third-order valence-corrected chi connectivity index (χ3v) is 13.0. The molecule has 298 valence electrons. The smallest absolute Gasteiger partial charge is 0.0763 e. The first kappa shape index (κ1) is 42.6. The third-order valence-electron chi connectivity index (χ3n) is 13.0. The molecule has 0 aliphatic rings. The van der Waals surface area contributed by atoms with Crippen LogP contribution < -0.4 is 9.80 Å². The Morgan fingerprint density at radius 1 is 0.448 bits per heavy atom. The lowest BCUT2D eigenvalue weighted by Gasteiger charge is -2.30. The molecule has 0 heterocycles. The second-order valence-electron chi connectivity index (χ2n) is 17.1. The Morgan fingerprint density at radius 3 is 1.21 bits per heavy atom. The maximum absolute atomic E-state index is 6.52. The molecule has 6 aromatic carbocycles. The molecule has 58 heavy (non-hydrogen) atoms. The van der Waals surface area contributed by atoms with Crippen LogP contribution in [0.5, 0.6) is 0 Å². The van der Waals surface area contributed by atoms with E-state index in [-0.39, 0.29) is 16.6 Å². The molecular weight excluding hydrogens is 699 g/mol. The lowest BCUT2D eigenvalue weighted by atomic mass is 9.78. The molecule has 0 aromatic heterocycles. The summed E-state index contributed by atoms with van der Waals surface area (Å²) in [5.74, 6) is 0.0557. The van der Waals surface area contributed by atoms with Crippen LogP contribution in [0.4, 0.5) is 34.1 Å². The van der Waals surface area contributed by atoms with Gasteiger partial charge >= 0.3 is 0 Å². The van der Waals surface area contributed by atoms with Crippen molar-refractivity contribution >= 4 is 42.0 Å². The Kier molecular flexibility index (Phi) is 14.1. The maximum atomic E-state index is 6.52. The van der Waals surface area contributed by atoms with Crippen molar-refractivity contribution in [2.75, 3.05) is 9.80 Å². The summed E-state index contributed by atoms with van der Waals surface area (Å²) >= 11 is 0. The van der Waals surface area contributed by atoms with Crippen LogP contribution >= 0.6 is 0 Å². The number of aryl methyl sites for hydroxylation is 1. The van der Waals surface area contributed by atoms with E-state index in [2.05, 4.69) is 211 Å². The van der Waals surface area contributed by atoms with Crippen molar-refractivity contribution in [1.29, 1.82) is 0 Å². The molecule has 0 amide bonds. The first-order valence-electron chi connectivity index (χ1n) is 22.0. The predicted octanol–water partition coefficient (Wildman–Crippen LogP) is 16.4.